The Bertz CT molecular complexity index is 1040. The number of hydrogen-bond acceptors (Lipinski definition) is 0. The molecular formula is C31H36Si. The van der Waals surface area contributed by atoms with Gasteiger partial charge in [-0.1, -0.05) is 141 Å². The van der Waals surface area contributed by atoms with Gasteiger partial charge >= 0.3 is 0 Å². The van der Waals surface area contributed by atoms with Gasteiger partial charge in [-0.3, -0.25) is 0 Å². The fourth-order valence-electron chi connectivity index (χ4n) is 5.10. The van der Waals surface area contributed by atoms with Gasteiger partial charge in [-0.2, -0.15) is 0 Å². The highest BCUT2D eigenvalue weighted by atomic mass is 28.3. The van der Waals surface area contributed by atoms with Crippen LogP contribution in [0.4, 0.5) is 0 Å². The molecule has 0 amide bonds. The zero-order chi connectivity index (χ0) is 22.6. The average Bonchev–Trinajstić information content (AvgIpc) is 3.25. The van der Waals surface area contributed by atoms with Crippen molar-refractivity contribution < 1.29 is 0 Å². The Kier molecular flexibility index (Phi) is 6.96. The van der Waals surface area contributed by atoms with Gasteiger partial charge in [-0.15, -0.1) is 0 Å². The predicted octanol–water partition coefficient (Wildman–Crippen LogP) is 6.74. The summed E-state index contributed by atoms with van der Waals surface area (Å²) in [6, 6.07) is 31.8. The first kappa shape index (κ1) is 22.5. The van der Waals surface area contributed by atoms with E-state index < -0.39 is 8.80 Å². The number of unbranched alkanes of at least 4 members (excludes halogenated alkanes) is 1. The van der Waals surface area contributed by atoms with Gasteiger partial charge < -0.3 is 0 Å². The summed E-state index contributed by atoms with van der Waals surface area (Å²) in [6.07, 6.45) is 7.29. The van der Waals surface area contributed by atoms with Crippen molar-refractivity contribution in [2.24, 2.45) is 5.41 Å². The zero-order valence-corrected chi connectivity index (χ0v) is 21.2. The van der Waals surface area contributed by atoms with Crippen molar-refractivity contribution in [1.29, 1.82) is 0 Å². The van der Waals surface area contributed by atoms with E-state index in [0.717, 1.165) is 6.42 Å². The molecule has 0 aromatic heterocycles. The molecule has 0 saturated heterocycles. The molecule has 1 aliphatic rings. The maximum Gasteiger partial charge on any atom is 0.132 e. The van der Waals surface area contributed by atoms with E-state index in [1.807, 2.05) is 0 Å². The molecule has 0 atom stereocenters. The average molecular weight is 437 g/mol. The third kappa shape index (κ3) is 4.89. The maximum atomic E-state index is 2.55. The Hall–Kier alpha value is -2.64. The highest BCUT2D eigenvalue weighted by molar-refractivity contribution is 6.91. The molecule has 3 aromatic carbocycles. The van der Waals surface area contributed by atoms with Gasteiger partial charge in [0.2, 0.25) is 0 Å². The van der Waals surface area contributed by atoms with Crippen molar-refractivity contribution in [1.82, 2.24) is 0 Å². The van der Waals surface area contributed by atoms with E-state index in [9.17, 15) is 0 Å². The van der Waals surface area contributed by atoms with Gasteiger partial charge in [-0.05, 0) is 47.0 Å². The Morgan fingerprint density at radius 3 is 1.81 bits per heavy atom. The van der Waals surface area contributed by atoms with E-state index in [-0.39, 0.29) is 5.41 Å². The van der Waals surface area contributed by atoms with Crippen molar-refractivity contribution in [3.63, 3.8) is 0 Å². The highest BCUT2D eigenvalue weighted by Crippen LogP contribution is 2.44. The number of aryl methyl sites for hydroxylation is 1. The first-order valence-electron chi connectivity index (χ1n) is 12.1. The molecule has 164 valence electrons. The van der Waals surface area contributed by atoms with Crippen LogP contribution in [0.3, 0.4) is 0 Å². The fourth-order valence-corrected chi connectivity index (χ4v) is 8.66. The maximum absolute atomic E-state index is 2.55. The minimum Gasteiger partial charge on any atom is -0.0800 e. The SMILES string of the molecule is CCCCc1ccc(C2=C(C(C)(C)C)C([SiH](c3ccccc3)c3ccccc3)=CC2)cc1. The third-order valence-corrected chi connectivity index (χ3v) is 9.81. The van der Waals surface area contributed by atoms with Crippen molar-refractivity contribution in [3.05, 3.63) is 113 Å². The molecule has 3 aromatic rings. The summed E-state index contributed by atoms with van der Waals surface area (Å²) in [5.41, 5.74) is 6.06. The molecule has 32 heavy (non-hydrogen) atoms. The summed E-state index contributed by atoms with van der Waals surface area (Å²) in [4.78, 5) is 0. The fraction of sp³-hybridized carbons (Fsp3) is 0.290. The summed E-state index contributed by atoms with van der Waals surface area (Å²) < 4.78 is 0. The molecule has 0 N–H and O–H groups in total. The predicted molar refractivity (Wildman–Crippen MR) is 143 cm³/mol. The zero-order valence-electron chi connectivity index (χ0n) is 20.1. The number of allylic oxidation sites excluding steroid dienone is 4. The standard InChI is InChI=1S/C31H36Si/c1-5-6-13-24-18-20-25(21-19-24)28-22-23-29(30(28)31(2,3)4)32(26-14-9-7-10-15-26)27-16-11-8-12-17-27/h7-12,14-21,23,32H,5-6,13,22H2,1-4H3. The lowest BCUT2D eigenvalue weighted by molar-refractivity contribution is 0.517. The van der Waals surface area contributed by atoms with Crippen LogP contribution in [0.2, 0.25) is 0 Å². The first-order chi connectivity index (χ1) is 15.5. The molecule has 4 rings (SSSR count). The monoisotopic (exact) mass is 436 g/mol. The van der Waals surface area contributed by atoms with Gasteiger partial charge in [0.05, 0.1) is 0 Å². The molecule has 0 saturated carbocycles. The second-order valence-corrected chi connectivity index (χ2v) is 12.8. The molecule has 0 bridgehead atoms. The van der Waals surface area contributed by atoms with E-state index in [1.54, 1.807) is 10.8 Å². The Morgan fingerprint density at radius 2 is 1.31 bits per heavy atom. The van der Waals surface area contributed by atoms with Crippen LogP contribution in [0.1, 0.15) is 58.1 Å². The molecule has 0 fully saturated rings. The first-order valence-corrected chi connectivity index (χ1v) is 13.9. The molecule has 0 heterocycles. The van der Waals surface area contributed by atoms with Crippen LogP contribution < -0.4 is 10.4 Å². The highest BCUT2D eigenvalue weighted by Gasteiger charge is 2.34. The molecular weight excluding hydrogens is 400 g/mol. The normalized spacial score (nSPS) is 14.2. The Morgan fingerprint density at radius 1 is 0.750 bits per heavy atom. The minimum atomic E-state index is -1.54. The lowest BCUT2D eigenvalue weighted by atomic mass is 9.82. The van der Waals surface area contributed by atoms with Crippen LogP contribution in [0.15, 0.2) is 102 Å². The second-order valence-electron chi connectivity index (χ2n) is 10.0. The van der Waals surface area contributed by atoms with E-state index in [2.05, 4.69) is 119 Å². The molecule has 1 heteroatoms. The molecule has 0 unspecified atom stereocenters. The number of hydrogen-bond donors (Lipinski definition) is 0. The second kappa shape index (κ2) is 9.88. The van der Waals surface area contributed by atoms with Crippen molar-refractivity contribution >= 4 is 24.7 Å². The van der Waals surface area contributed by atoms with E-state index in [1.165, 1.54) is 46.3 Å². The topological polar surface area (TPSA) is 0 Å². The van der Waals surface area contributed by atoms with Crippen molar-refractivity contribution in [2.45, 2.75) is 53.4 Å². The smallest absolute Gasteiger partial charge is 0.0800 e. The lowest BCUT2D eigenvalue weighted by Crippen LogP contribution is -2.45. The van der Waals surface area contributed by atoms with Crippen LogP contribution in [0, 0.1) is 5.41 Å². The van der Waals surface area contributed by atoms with Gasteiger partial charge in [0, 0.05) is 0 Å². The number of benzene rings is 3. The molecule has 0 spiro atoms. The molecule has 1 aliphatic carbocycles. The summed E-state index contributed by atoms with van der Waals surface area (Å²) >= 11 is 0. The van der Waals surface area contributed by atoms with Crippen LogP contribution in [0.25, 0.3) is 5.57 Å². The van der Waals surface area contributed by atoms with Gasteiger partial charge in [0.25, 0.3) is 0 Å². The quantitative estimate of drug-likeness (QED) is 0.360. The van der Waals surface area contributed by atoms with E-state index in [4.69, 9.17) is 0 Å². The third-order valence-electron chi connectivity index (χ3n) is 6.56. The Labute approximate surface area is 196 Å². The summed E-state index contributed by atoms with van der Waals surface area (Å²) in [5.74, 6) is 0. The summed E-state index contributed by atoms with van der Waals surface area (Å²) in [7, 11) is -1.54. The summed E-state index contributed by atoms with van der Waals surface area (Å²) in [6.45, 7) is 9.43. The Balaban J connectivity index is 1.80. The van der Waals surface area contributed by atoms with Gasteiger partial charge in [0.15, 0.2) is 0 Å². The lowest BCUT2D eigenvalue weighted by Gasteiger charge is -2.30. The van der Waals surface area contributed by atoms with Crippen LogP contribution >= 0.6 is 0 Å². The molecule has 0 aliphatic heterocycles. The van der Waals surface area contributed by atoms with Crippen LogP contribution in [0.5, 0.6) is 0 Å². The largest absolute Gasteiger partial charge is 0.132 e. The molecule has 0 nitrogen and oxygen atoms in total. The van der Waals surface area contributed by atoms with Crippen molar-refractivity contribution in [2.75, 3.05) is 0 Å². The minimum absolute atomic E-state index is 0.105. The van der Waals surface area contributed by atoms with Crippen LogP contribution in [-0.2, 0) is 6.42 Å². The van der Waals surface area contributed by atoms with Crippen molar-refractivity contribution in [3.8, 4) is 0 Å². The molecule has 0 radical (unpaired) electrons. The van der Waals surface area contributed by atoms with E-state index >= 15 is 0 Å². The summed E-state index contributed by atoms with van der Waals surface area (Å²) in [5, 5.41) is 4.62. The van der Waals surface area contributed by atoms with Gasteiger partial charge in [0.1, 0.15) is 8.80 Å². The van der Waals surface area contributed by atoms with Crippen LogP contribution in [-0.4, -0.2) is 8.80 Å². The van der Waals surface area contributed by atoms with E-state index in [0.29, 0.717) is 0 Å². The van der Waals surface area contributed by atoms with Gasteiger partial charge in [-0.25, -0.2) is 0 Å². The number of rotatable bonds is 7.